The van der Waals surface area contributed by atoms with E-state index in [9.17, 15) is 61.2 Å². The molecule has 3 aromatic rings. The molecule has 19 heteroatoms. The topological polar surface area (TPSA) is 232 Å². The molecule has 3 aliphatic carbocycles. The molecule has 5 N–H and O–H groups in total. The average Bonchev–Trinajstić information content (AvgIpc) is 3.24. The Morgan fingerprint density at radius 2 is 1.52 bits per heavy atom. The van der Waals surface area contributed by atoms with Gasteiger partial charge in [-0.2, -0.15) is 13.2 Å². The molecule has 1 saturated heterocycles. The van der Waals surface area contributed by atoms with E-state index in [0.29, 0.717) is 24.3 Å². The van der Waals surface area contributed by atoms with Gasteiger partial charge < -0.3 is 39.4 Å². The lowest BCUT2D eigenvalue weighted by atomic mass is 9.44. The number of hydrogen-bond acceptors (Lipinski definition) is 14. The van der Waals surface area contributed by atoms with Crippen molar-refractivity contribution >= 4 is 33.7 Å². The van der Waals surface area contributed by atoms with Gasteiger partial charge >= 0.3 is 24.1 Å². The van der Waals surface area contributed by atoms with E-state index in [1.807, 2.05) is 0 Å². The van der Waals surface area contributed by atoms with E-state index in [4.69, 9.17) is 18.9 Å². The number of ether oxygens (including phenoxy) is 4. The molecular formula is C45H48F3NO14S. The van der Waals surface area contributed by atoms with Gasteiger partial charge in [0.05, 0.1) is 46.1 Å². The molecule has 2 saturated carbocycles. The summed E-state index contributed by atoms with van der Waals surface area (Å²) in [5.74, 6) is -5.92. The van der Waals surface area contributed by atoms with Gasteiger partial charge in [0.25, 0.3) is 0 Å². The molecule has 3 aromatic carbocycles. The quantitative estimate of drug-likeness (QED) is 0.111. The van der Waals surface area contributed by atoms with Crippen molar-refractivity contribution in [3.05, 3.63) is 113 Å². The molecule has 11 atom stereocenters. The largest absolute Gasteiger partial charge is 0.456 e. The highest BCUT2D eigenvalue weighted by Gasteiger charge is 2.78. The van der Waals surface area contributed by atoms with Crippen molar-refractivity contribution in [3.63, 3.8) is 0 Å². The van der Waals surface area contributed by atoms with E-state index in [2.05, 4.69) is 4.72 Å². The molecule has 1 heterocycles. The fourth-order valence-electron chi connectivity index (χ4n) is 10.2. The number of Topliss-reactive ketones (excluding diaryl/α,β-unsaturated/α-hetero) is 1. The molecule has 7 rings (SSSR count). The van der Waals surface area contributed by atoms with Gasteiger partial charge in [0.15, 0.2) is 17.5 Å². The normalized spacial score (nSPS) is 32.0. The number of fused-ring (bicyclic) bond motifs is 5. The van der Waals surface area contributed by atoms with Crippen LogP contribution in [0, 0.1) is 16.7 Å². The second-order valence-electron chi connectivity index (χ2n) is 17.6. The molecule has 0 aromatic heterocycles. The van der Waals surface area contributed by atoms with Crippen molar-refractivity contribution in [2.45, 2.75) is 112 Å². The molecule has 0 unspecified atom stereocenters. The van der Waals surface area contributed by atoms with Crippen LogP contribution >= 0.6 is 0 Å². The summed E-state index contributed by atoms with van der Waals surface area (Å²) >= 11 is 0. The van der Waals surface area contributed by atoms with Crippen molar-refractivity contribution < 1.29 is 80.1 Å². The van der Waals surface area contributed by atoms with Crippen LogP contribution in [-0.4, -0.2) is 107 Å². The third-order valence-corrected chi connectivity index (χ3v) is 15.1. The molecular weight excluding hydrogens is 868 g/mol. The summed E-state index contributed by atoms with van der Waals surface area (Å²) in [4.78, 5) is 55.6. The summed E-state index contributed by atoms with van der Waals surface area (Å²) in [6.45, 7) is 6.41. The third kappa shape index (κ3) is 7.63. The minimum absolute atomic E-state index is 0.0119. The van der Waals surface area contributed by atoms with Gasteiger partial charge in [0.1, 0.15) is 30.0 Å². The molecule has 2 bridgehead atoms. The fourth-order valence-corrected chi connectivity index (χ4v) is 11.4. The molecule has 4 aliphatic rings. The Labute approximate surface area is 366 Å². The minimum atomic E-state index is -4.77. The monoisotopic (exact) mass is 915 g/mol. The number of ketones is 1. The van der Waals surface area contributed by atoms with Crippen LogP contribution in [0.5, 0.6) is 0 Å². The van der Waals surface area contributed by atoms with Gasteiger partial charge in [0, 0.05) is 25.2 Å². The highest BCUT2D eigenvalue weighted by molar-refractivity contribution is 7.89. The van der Waals surface area contributed by atoms with E-state index in [-0.39, 0.29) is 35.3 Å². The predicted molar refractivity (Wildman–Crippen MR) is 216 cm³/mol. The van der Waals surface area contributed by atoms with Crippen LogP contribution in [0.1, 0.15) is 75.0 Å². The number of rotatable bonds is 10. The number of nitrogens with one attached hydrogen (secondary N) is 1. The first-order valence-electron chi connectivity index (χ1n) is 20.4. The van der Waals surface area contributed by atoms with Crippen molar-refractivity contribution in [3.8, 4) is 0 Å². The zero-order valence-electron chi connectivity index (χ0n) is 35.2. The van der Waals surface area contributed by atoms with E-state index < -0.39 is 127 Å². The first-order chi connectivity index (χ1) is 29.8. The lowest BCUT2D eigenvalue weighted by Gasteiger charge is -2.67. The van der Waals surface area contributed by atoms with Crippen LogP contribution in [0.25, 0.3) is 0 Å². The average molecular weight is 916 g/mol. The number of aliphatic hydroxyl groups is 4. The second kappa shape index (κ2) is 16.4. The number of sulfonamides is 1. The summed E-state index contributed by atoms with van der Waals surface area (Å²) in [7, 11) is -4.75. The maximum absolute atomic E-state index is 15.0. The highest BCUT2D eigenvalue weighted by atomic mass is 32.2. The van der Waals surface area contributed by atoms with Crippen LogP contribution < -0.4 is 4.72 Å². The third-order valence-electron chi connectivity index (χ3n) is 13.7. The molecule has 64 heavy (non-hydrogen) atoms. The summed E-state index contributed by atoms with van der Waals surface area (Å²) in [6, 6.07) is 15.5. The lowest BCUT2D eigenvalue weighted by molar-refractivity contribution is -0.346. The van der Waals surface area contributed by atoms with Crippen LogP contribution in [0.4, 0.5) is 13.2 Å². The molecule has 3 fully saturated rings. The molecule has 0 spiro atoms. The number of carbonyl (C=O) groups is 4. The predicted octanol–water partition coefficient (Wildman–Crippen LogP) is 3.73. The first-order valence-corrected chi connectivity index (χ1v) is 21.8. The standard InChI is InChI=1S/C45H48F3NO14S/c1-23-29(61-40(56)35(53)33(25-12-8-6-9-13-25)49-64(58,59)28-18-16-27(17-19-28)45(46,47)48)21-44(57)38(62-39(55)26-14-10-7-11-15-26)36-42(5,37(54)34(52)32(23)41(44,3)4)30(51)20-31-43(36,22-60-31)63-24(2)50/h6-19,29-31,33-36,38,49,51-53,57H,20-22H2,1-5H3/t29-,30-,31+,33-,34+,35+,36-,38-,42+,43-,44+/m0/s1. The Kier molecular flexibility index (Phi) is 12.1. The zero-order chi connectivity index (χ0) is 46.9. The van der Waals surface area contributed by atoms with Crippen LogP contribution in [0.3, 0.4) is 0 Å². The maximum atomic E-state index is 15.0. The Balaban J connectivity index is 1.32. The van der Waals surface area contributed by atoms with Gasteiger partial charge in [0.2, 0.25) is 10.0 Å². The number of alkyl halides is 3. The molecule has 1 aliphatic heterocycles. The summed E-state index contributed by atoms with van der Waals surface area (Å²) in [6.07, 6.45) is -16.4. The molecule has 15 nitrogen and oxygen atoms in total. The van der Waals surface area contributed by atoms with E-state index >= 15 is 0 Å². The lowest BCUT2D eigenvalue weighted by Crippen LogP contribution is -2.81. The van der Waals surface area contributed by atoms with Crippen molar-refractivity contribution in [2.75, 3.05) is 6.61 Å². The van der Waals surface area contributed by atoms with E-state index in [1.54, 1.807) is 24.3 Å². The molecule has 0 radical (unpaired) electrons. The Morgan fingerprint density at radius 3 is 2.06 bits per heavy atom. The first kappa shape index (κ1) is 47.0. The van der Waals surface area contributed by atoms with Gasteiger partial charge in [-0.25, -0.2) is 22.7 Å². The van der Waals surface area contributed by atoms with Gasteiger partial charge in [-0.1, -0.05) is 62.4 Å². The van der Waals surface area contributed by atoms with Crippen LogP contribution in [0.15, 0.2) is 101 Å². The molecule has 0 amide bonds. The fraction of sp³-hybridized carbons (Fsp3) is 0.467. The summed E-state index contributed by atoms with van der Waals surface area (Å²) < 4.78 is 93.2. The number of halogens is 3. The smallest absolute Gasteiger partial charge is 0.416 e. The van der Waals surface area contributed by atoms with Crippen molar-refractivity contribution in [1.82, 2.24) is 4.72 Å². The number of hydrogen-bond donors (Lipinski definition) is 5. The van der Waals surface area contributed by atoms with Gasteiger partial charge in [-0.3, -0.25) is 9.59 Å². The Hall–Kier alpha value is -5.02. The highest BCUT2D eigenvalue weighted by Crippen LogP contribution is 2.64. The Morgan fingerprint density at radius 1 is 0.922 bits per heavy atom. The second-order valence-corrected chi connectivity index (χ2v) is 19.3. The SMILES string of the molecule is CC(=O)O[C@@]12CO[C@@H]1C[C@H](O)[C@@]1(C)C(=O)[C@H](O)C3=C(C)[C@@H](OC(=O)[C@H](O)[C@@H](NS(=O)(=O)c4ccc(C(F)(F)F)cc4)c4ccccc4)C[C@@](O)([C@@H](OC(=O)c4ccccc4)[C@H]21)C3(C)C. The number of carbonyl (C=O) groups excluding carboxylic acids is 4. The summed E-state index contributed by atoms with van der Waals surface area (Å²) in [5, 5.41) is 49.2. The minimum Gasteiger partial charge on any atom is -0.456 e. The number of benzene rings is 3. The number of esters is 3. The maximum Gasteiger partial charge on any atom is 0.416 e. The van der Waals surface area contributed by atoms with Crippen molar-refractivity contribution in [2.24, 2.45) is 16.7 Å². The van der Waals surface area contributed by atoms with Crippen molar-refractivity contribution in [1.29, 1.82) is 0 Å². The van der Waals surface area contributed by atoms with Crippen LogP contribution in [-0.2, 0) is 49.5 Å². The Bertz CT molecular complexity index is 2470. The zero-order valence-corrected chi connectivity index (χ0v) is 36.1. The molecule has 344 valence electrons. The van der Waals surface area contributed by atoms with E-state index in [0.717, 1.165) is 6.92 Å². The number of aliphatic hydroxyl groups excluding tert-OH is 3. The van der Waals surface area contributed by atoms with Gasteiger partial charge in [-0.15, -0.1) is 0 Å². The van der Waals surface area contributed by atoms with Crippen LogP contribution in [0.2, 0.25) is 0 Å². The van der Waals surface area contributed by atoms with E-state index in [1.165, 1.54) is 64.1 Å². The summed E-state index contributed by atoms with van der Waals surface area (Å²) in [5.41, 5.74) is -9.38. The van der Waals surface area contributed by atoms with Gasteiger partial charge in [-0.05, 0) is 67.0 Å².